The minimum atomic E-state index is 0.202. The molecule has 1 aromatic carbocycles. The van der Waals surface area contributed by atoms with Crippen LogP contribution in [0.2, 0.25) is 0 Å². The van der Waals surface area contributed by atoms with Crippen molar-refractivity contribution < 1.29 is 9.59 Å². The Morgan fingerprint density at radius 2 is 1.59 bits per heavy atom. The number of carbonyl (C=O) groups excluding carboxylic acids is 2. The summed E-state index contributed by atoms with van der Waals surface area (Å²) < 4.78 is 0. The molecule has 3 rings (SSSR count). The van der Waals surface area contributed by atoms with Crippen molar-refractivity contribution >= 4 is 17.5 Å². The number of rotatable bonds is 3. The lowest BCUT2D eigenvalue weighted by molar-refractivity contribution is -0.130. The van der Waals surface area contributed by atoms with Crippen LogP contribution >= 0.6 is 0 Å². The summed E-state index contributed by atoms with van der Waals surface area (Å²) >= 11 is 0. The monoisotopic (exact) mass is 300 g/mol. The first kappa shape index (κ1) is 15.1. The number of hydrogen-bond donors (Lipinski definition) is 0. The van der Waals surface area contributed by atoms with Crippen molar-refractivity contribution in [1.29, 1.82) is 0 Å². The minimum absolute atomic E-state index is 0.202. The molecule has 0 atom stereocenters. The lowest BCUT2D eigenvalue weighted by Gasteiger charge is -2.20. The number of carbonyl (C=O) groups is 2. The first-order valence-electron chi connectivity index (χ1n) is 8.41. The molecular formula is C18H24N2O2. The van der Waals surface area contributed by atoms with Gasteiger partial charge in [-0.2, -0.15) is 0 Å². The van der Waals surface area contributed by atoms with Gasteiger partial charge in [0.1, 0.15) is 0 Å². The second kappa shape index (κ2) is 6.95. The summed E-state index contributed by atoms with van der Waals surface area (Å²) in [5.41, 5.74) is 1.98. The van der Waals surface area contributed by atoms with Crippen LogP contribution in [0.5, 0.6) is 0 Å². The van der Waals surface area contributed by atoms with Gasteiger partial charge < -0.3 is 9.80 Å². The van der Waals surface area contributed by atoms with Crippen molar-refractivity contribution in [1.82, 2.24) is 4.90 Å². The standard InChI is InChI=1S/C18H24N2O2/c21-17-6-5-13-20(17)16-9-7-15(8-10-16)14-18(22)19-11-3-1-2-4-12-19/h7-10H,1-6,11-14H2. The summed E-state index contributed by atoms with van der Waals surface area (Å²) in [5.74, 6) is 0.431. The Bertz CT molecular complexity index is 531. The number of hydrogen-bond acceptors (Lipinski definition) is 2. The maximum absolute atomic E-state index is 12.4. The van der Waals surface area contributed by atoms with E-state index in [4.69, 9.17) is 0 Å². The number of nitrogens with zero attached hydrogens (tertiary/aromatic N) is 2. The van der Waals surface area contributed by atoms with Crippen molar-refractivity contribution in [2.24, 2.45) is 0 Å². The second-order valence-electron chi connectivity index (χ2n) is 6.29. The molecule has 22 heavy (non-hydrogen) atoms. The van der Waals surface area contributed by atoms with Gasteiger partial charge in [-0.05, 0) is 37.0 Å². The zero-order chi connectivity index (χ0) is 15.4. The number of benzene rings is 1. The summed E-state index contributed by atoms with van der Waals surface area (Å²) in [6.45, 7) is 2.61. The third kappa shape index (κ3) is 3.49. The summed E-state index contributed by atoms with van der Waals surface area (Å²) in [7, 11) is 0. The van der Waals surface area contributed by atoms with Crippen LogP contribution < -0.4 is 4.90 Å². The van der Waals surface area contributed by atoms with Crippen LogP contribution in [-0.2, 0) is 16.0 Å². The molecule has 4 nitrogen and oxygen atoms in total. The highest BCUT2D eigenvalue weighted by Gasteiger charge is 2.21. The van der Waals surface area contributed by atoms with E-state index in [0.29, 0.717) is 12.8 Å². The fourth-order valence-corrected chi connectivity index (χ4v) is 3.32. The Balaban J connectivity index is 1.60. The van der Waals surface area contributed by atoms with Crippen molar-refractivity contribution in [3.05, 3.63) is 29.8 Å². The molecule has 0 aromatic heterocycles. The molecule has 2 aliphatic heterocycles. The quantitative estimate of drug-likeness (QED) is 0.861. The lowest BCUT2D eigenvalue weighted by Crippen LogP contribution is -2.33. The summed E-state index contributed by atoms with van der Waals surface area (Å²) in [6, 6.07) is 7.90. The minimum Gasteiger partial charge on any atom is -0.342 e. The van der Waals surface area contributed by atoms with Gasteiger partial charge in [0.2, 0.25) is 11.8 Å². The van der Waals surface area contributed by atoms with Gasteiger partial charge in [-0.15, -0.1) is 0 Å². The second-order valence-corrected chi connectivity index (χ2v) is 6.29. The molecule has 0 radical (unpaired) electrons. The summed E-state index contributed by atoms with van der Waals surface area (Å²) in [6.07, 6.45) is 6.78. The Morgan fingerprint density at radius 1 is 0.909 bits per heavy atom. The zero-order valence-corrected chi connectivity index (χ0v) is 13.1. The Kier molecular flexibility index (Phi) is 4.76. The topological polar surface area (TPSA) is 40.6 Å². The van der Waals surface area contributed by atoms with Gasteiger partial charge in [0.15, 0.2) is 0 Å². The van der Waals surface area contributed by atoms with Crippen LogP contribution in [0.1, 0.15) is 44.1 Å². The molecule has 4 heteroatoms. The van der Waals surface area contributed by atoms with Gasteiger partial charge in [-0.1, -0.05) is 25.0 Å². The third-order valence-electron chi connectivity index (χ3n) is 4.64. The Morgan fingerprint density at radius 3 is 2.18 bits per heavy atom. The van der Waals surface area contributed by atoms with E-state index in [9.17, 15) is 9.59 Å². The van der Waals surface area contributed by atoms with Gasteiger partial charge in [-0.25, -0.2) is 0 Å². The van der Waals surface area contributed by atoms with Crippen LogP contribution in [0.4, 0.5) is 5.69 Å². The maximum Gasteiger partial charge on any atom is 0.227 e. The highest BCUT2D eigenvalue weighted by atomic mass is 16.2. The predicted octanol–water partition coefficient (Wildman–Crippen LogP) is 2.76. The molecule has 0 N–H and O–H groups in total. The van der Waals surface area contributed by atoms with E-state index in [1.54, 1.807) is 0 Å². The summed E-state index contributed by atoms with van der Waals surface area (Å²) in [5, 5.41) is 0. The van der Waals surface area contributed by atoms with E-state index in [-0.39, 0.29) is 11.8 Å². The molecule has 118 valence electrons. The van der Waals surface area contributed by atoms with Crippen LogP contribution in [-0.4, -0.2) is 36.3 Å². The highest BCUT2D eigenvalue weighted by molar-refractivity contribution is 5.95. The molecule has 0 bridgehead atoms. The van der Waals surface area contributed by atoms with Crippen molar-refractivity contribution in [2.45, 2.75) is 44.9 Å². The number of anilines is 1. The molecule has 2 aliphatic rings. The van der Waals surface area contributed by atoms with Gasteiger partial charge in [0.05, 0.1) is 6.42 Å². The van der Waals surface area contributed by atoms with Crippen molar-refractivity contribution in [3.8, 4) is 0 Å². The van der Waals surface area contributed by atoms with E-state index in [2.05, 4.69) is 0 Å². The highest BCUT2D eigenvalue weighted by Crippen LogP contribution is 2.22. The molecule has 0 unspecified atom stereocenters. The normalized spacial score (nSPS) is 19.4. The van der Waals surface area contributed by atoms with Gasteiger partial charge >= 0.3 is 0 Å². The van der Waals surface area contributed by atoms with E-state index in [0.717, 1.165) is 50.1 Å². The molecule has 0 aliphatic carbocycles. The molecule has 0 saturated carbocycles. The largest absolute Gasteiger partial charge is 0.342 e. The van der Waals surface area contributed by atoms with E-state index < -0.39 is 0 Å². The number of amides is 2. The van der Waals surface area contributed by atoms with Crippen LogP contribution in [0.25, 0.3) is 0 Å². The SMILES string of the molecule is O=C(Cc1ccc(N2CCCC2=O)cc1)N1CCCCCC1. The van der Waals surface area contributed by atoms with Crippen molar-refractivity contribution in [2.75, 3.05) is 24.5 Å². The molecule has 2 fully saturated rings. The number of likely N-dealkylation sites (tertiary alicyclic amines) is 1. The summed E-state index contributed by atoms with van der Waals surface area (Å²) in [4.78, 5) is 28.0. The molecule has 0 spiro atoms. The molecule has 1 aromatic rings. The average molecular weight is 300 g/mol. The lowest BCUT2D eigenvalue weighted by atomic mass is 10.1. The zero-order valence-electron chi connectivity index (χ0n) is 13.1. The fourth-order valence-electron chi connectivity index (χ4n) is 3.32. The van der Waals surface area contributed by atoms with Gasteiger partial charge in [0.25, 0.3) is 0 Å². The van der Waals surface area contributed by atoms with E-state index in [1.165, 1.54) is 12.8 Å². The Labute approximate surface area is 132 Å². The molecular weight excluding hydrogens is 276 g/mol. The van der Waals surface area contributed by atoms with Crippen LogP contribution in [0.3, 0.4) is 0 Å². The van der Waals surface area contributed by atoms with Gasteiger partial charge in [0, 0.05) is 31.7 Å². The smallest absolute Gasteiger partial charge is 0.227 e. The Hall–Kier alpha value is -1.84. The molecule has 2 amide bonds. The first-order chi connectivity index (χ1) is 10.7. The fraction of sp³-hybridized carbons (Fsp3) is 0.556. The third-order valence-corrected chi connectivity index (χ3v) is 4.64. The predicted molar refractivity (Wildman–Crippen MR) is 86.8 cm³/mol. The van der Waals surface area contributed by atoms with Crippen LogP contribution in [0, 0.1) is 0 Å². The maximum atomic E-state index is 12.4. The van der Waals surface area contributed by atoms with E-state index in [1.807, 2.05) is 34.1 Å². The molecule has 2 heterocycles. The van der Waals surface area contributed by atoms with Crippen LogP contribution in [0.15, 0.2) is 24.3 Å². The average Bonchev–Trinajstić information content (AvgIpc) is 2.78. The van der Waals surface area contributed by atoms with Crippen molar-refractivity contribution in [3.63, 3.8) is 0 Å². The van der Waals surface area contributed by atoms with Gasteiger partial charge in [-0.3, -0.25) is 9.59 Å². The first-order valence-corrected chi connectivity index (χ1v) is 8.41. The molecule has 2 saturated heterocycles. The van der Waals surface area contributed by atoms with E-state index >= 15 is 0 Å².